The molecule has 0 bridgehead atoms. The molecule has 0 heterocycles. The first-order chi connectivity index (χ1) is 17.0. The van der Waals surface area contributed by atoms with Crippen LogP contribution in [0.4, 0.5) is 5.69 Å². The summed E-state index contributed by atoms with van der Waals surface area (Å²) in [6, 6.07) is 13.3. The standard InChI is InChI=1S/C26H36ClN3O5S/c1-6-22(26(32)28-19(2)3)29(18-20-12-7-8-13-21(20)27)25(31)16-11-17-30(36(5,33)34)23-14-9-10-15-24(23)35-4/h7-10,12-15,19,22H,6,11,16-18H2,1-5H3,(H,28,32)/t22-/m0/s1. The summed E-state index contributed by atoms with van der Waals surface area (Å²) in [7, 11) is -2.15. The molecule has 1 atom stereocenters. The number of carbonyl (C=O) groups excluding carboxylic acids is 2. The van der Waals surface area contributed by atoms with Gasteiger partial charge in [-0.25, -0.2) is 8.42 Å². The van der Waals surface area contributed by atoms with E-state index in [9.17, 15) is 18.0 Å². The quantitative estimate of drug-likeness (QED) is 0.412. The van der Waals surface area contributed by atoms with Crippen LogP contribution in [0, 0.1) is 0 Å². The molecule has 1 N–H and O–H groups in total. The van der Waals surface area contributed by atoms with Crippen LogP contribution in [0.1, 0.15) is 45.6 Å². The number of hydrogen-bond donors (Lipinski definition) is 1. The third-order valence-electron chi connectivity index (χ3n) is 5.62. The number of carbonyl (C=O) groups is 2. The van der Waals surface area contributed by atoms with Gasteiger partial charge in [-0.2, -0.15) is 0 Å². The molecule has 8 nitrogen and oxygen atoms in total. The van der Waals surface area contributed by atoms with Gasteiger partial charge in [0, 0.05) is 30.6 Å². The van der Waals surface area contributed by atoms with Crippen LogP contribution in [0.3, 0.4) is 0 Å². The highest BCUT2D eigenvalue weighted by atomic mass is 35.5. The van der Waals surface area contributed by atoms with E-state index < -0.39 is 16.1 Å². The van der Waals surface area contributed by atoms with Crippen molar-refractivity contribution in [3.05, 3.63) is 59.1 Å². The van der Waals surface area contributed by atoms with Gasteiger partial charge in [-0.3, -0.25) is 13.9 Å². The summed E-state index contributed by atoms with van der Waals surface area (Å²) in [6.07, 6.45) is 1.85. The van der Waals surface area contributed by atoms with Crippen molar-refractivity contribution < 1.29 is 22.7 Å². The van der Waals surface area contributed by atoms with Gasteiger partial charge in [-0.05, 0) is 50.5 Å². The maximum Gasteiger partial charge on any atom is 0.243 e. The highest BCUT2D eigenvalue weighted by molar-refractivity contribution is 7.92. The van der Waals surface area contributed by atoms with E-state index in [4.69, 9.17) is 16.3 Å². The number of amides is 2. The first-order valence-corrected chi connectivity index (χ1v) is 14.2. The molecule has 0 unspecified atom stereocenters. The second-order valence-electron chi connectivity index (χ2n) is 8.81. The minimum atomic E-state index is -3.62. The third-order valence-corrected chi connectivity index (χ3v) is 7.17. The first-order valence-electron chi connectivity index (χ1n) is 11.9. The van der Waals surface area contributed by atoms with Gasteiger partial charge >= 0.3 is 0 Å². The first kappa shape index (κ1) is 29.5. The maximum absolute atomic E-state index is 13.5. The Kier molecular flexibility index (Phi) is 11.0. The van der Waals surface area contributed by atoms with Gasteiger partial charge in [0.25, 0.3) is 0 Å². The van der Waals surface area contributed by atoms with Crippen molar-refractivity contribution in [2.24, 2.45) is 0 Å². The van der Waals surface area contributed by atoms with Crippen molar-refractivity contribution in [1.82, 2.24) is 10.2 Å². The SMILES string of the molecule is CC[C@@H](C(=O)NC(C)C)N(Cc1ccccc1Cl)C(=O)CCCN(c1ccccc1OC)S(C)(=O)=O. The second kappa shape index (κ2) is 13.5. The average molecular weight is 538 g/mol. The molecule has 0 fully saturated rings. The van der Waals surface area contributed by atoms with Gasteiger partial charge in [0.2, 0.25) is 21.8 Å². The van der Waals surface area contributed by atoms with Crippen molar-refractivity contribution in [2.45, 2.75) is 58.7 Å². The molecule has 0 aliphatic carbocycles. The summed E-state index contributed by atoms with van der Waals surface area (Å²) in [4.78, 5) is 27.9. The van der Waals surface area contributed by atoms with Crippen LogP contribution in [0.25, 0.3) is 0 Å². The average Bonchev–Trinajstić information content (AvgIpc) is 2.81. The van der Waals surface area contributed by atoms with Crippen LogP contribution in [-0.2, 0) is 26.2 Å². The number of sulfonamides is 1. The minimum absolute atomic E-state index is 0.0527. The van der Waals surface area contributed by atoms with E-state index in [1.165, 1.54) is 16.3 Å². The normalized spacial score (nSPS) is 12.2. The molecule has 10 heteroatoms. The number of methoxy groups -OCH3 is 1. The zero-order valence-electron chi connectivity index (χ0n) is 21.5. The molecule has 36 heavy (non-hydrogen) atoms. The molecule has 2 rings (SSSR count). The fourth-order valence-corrected chi connectivity index (χ4v) is 5.09. The number of nitrogens with one attached hydrogen (secondary N) is 1. The van der Waals surface area contributed by atoms with E-state index in [-0.39, 0.29) is 43.8 Å². The van der Waals surface area contributed by atoms with Gasteiger partial charge in [0.1, 0.15) is 11.8 Å². The highest BCUT2D eigenvalue weighted by Gasteiger charge is 2.29. The zero-order chi connectivity index (χ0) is 26.9. The molecule has 0 saturated heterocycles. The number of rotatable bonds is 13. The predicted molar refractivity (Wildman–Crippen MR) is 144 cm³/mol. The van der Waals surface area contributed by atoms with Gasteiger partial charge in [0.05, 0.1) is 19.1 Å². The molecule has 2 amide bonds. The van der Waals surface area contributed by atoms with Crippen LogP contribution in [0.15, 0.2) is 48.5 Å². The summed E-state index contributed by atoms with van der Waals surface area (Å²) >= 11 is 6.35. The topological polar surface area (TPSA) is 96.0 Å². The van der Waals surface area contributed by atoms with Crippen molar-refractivity contribution >= 4 is 39.1 Å². The van der Waals surface area contributed by atoms with Crippen molar-refractivity contribution in [3.8, 4) is 5.75 Å². The Morgan fingerprint density at radius 2 is 1.72 bits per heavy atom. The number of nitrogens with zero attached hydrogens (tertiary/aromatic N) is 2. The molecular weight excluding hydrogens is 502 g/mol. The predicted octanol–water partition coefficient (Wildman–Crippen LogP) is 4.23. The lowest BCUT2D eigenvalue weighted by Crippen LogP contribution is -2.50. The van der Waals surface area contributed by atoms with Crippen LogP contribution in [-0.4, -0.2) is 57.1 Å². The van der Waals surface area contributed by atoms with Crippen molar-refractivity contribution in [2.75, 3.05) is 24.2 Å². The molecule has 0 radical (unpaired) electrons. The van der Waals surface area contributed by atoms with Gasteiger partial charge < -0.3 is 15.0 Å². The fourth-order valence-electron chi connectivity index (χ4n) is 3.93. The summed E-state index contributed by atoms with van der Waals surface area (Å²) in [5.74, 6) is -0.0696. The fraction of sp³-hybridized carbons (Fsp3) is 0.462. The molecule has 0 aliphatic heterocycles. The Balaban J connectivity index is 2.26. The smallest absolute Gasteiger partial charge is 0.243 e. The molecule has 2 aromatic carbocycles. The maximum atomic E-state index is 13.5. The summed E-state index contributed by atoms with van der Waals surface area (Å²) in [6.45, 7) is 5.83. The summed E-state index contributed by atoms with van der Waals surface area (Å²) < 4.78 is 31.7. The molecule has 0 saturated carbocycles. The van der Waals surface area contributed by atoms with E-state index in [1.54, 1.807) is 36.4 Å². The number of anilines is 1. The van der Waals surface area contributed by atoms with Crippen molar-refractivity contribution in [1.29, 1.82) is 0 Å². The van der Waals surface area contributed by atoms with Crippen LogP contribution >= 0.6 is 11.6 Å². The lowest BCUT2D eigenvalue weighted by Gasteiger charge is -2.32. The molecular formula is C26H36ClN3O5S. The van der Waals surface area contributed by atoms with E-state index in [2.05, 4.69) is 5.32 Å². The minimum Gasteiger partial charge on any atom is -0.495 e. The Hall–Kier alpha value is -2.78. The second-order valence-corrected chi connectivity index (χ2v) is 11.1. The van der Waals surface area contributed by atoms with Crippen LogP contribution in [0.2, 0.25) is 5.02 Å². The van der Waals surface area contributed by atoms with Crippen LogP contribution in [0.5, 0.6) is 5.75 Å². The molecule has 2 aromatic rings. The van der Waals surface area contributed by atoms with E-state index in [0.29, 0.717) is 22.9 Å². The largest absolute Gasteiger partial charge is 0.495 e. The molecule has 198 valence electrons. The summed E-state index contributed by atoms with van der Waals surface area (Å²) in [5, 5.41) is 3.40. The molecule has 0 spiro atoms. The summed E-state index contributed by atoms with van der Waals surface area (Å²) in [5.41, 5.74) is 1.14. The Morgan fingerprint density at radius 1 is 1.08 bits per heavy atom. The van der Waals surface area contributed by atoms with E-state index in [1.807, 2.05) is 32.9 Å². The highest BCUT2D eigenvalue weighted by Crippen LogP contribution is 2.30. The number of para-hydroxylation sites is 2. The number of ether oxygens (including phenoxy) is 1. The number of benzene rings is 2. The molecule has 0 aliphatic rings. The lowest BCUT2D eigenvalue weighted by atomic mass is 10.1. The van der Waals surface area contributed by atoms with Gasteiger partial charge in [0.15, 0.2) is 0 Å². The number of hydrogen-bond acceptors (Lipinski definition) is 5. The third kappa shape index (κ3) is 8.13. The van der Waals surface area contributed by atoms with E-state index >= 15 is 0 Å². The Bertz CT molecular complexity index is 1140. The zero-order valence-corrected chi connectivity index (χ0v) is 23.1. The van der Waals surface area contributed by atoms with Crippen LogP contribution < -0.4 is 14.4 Å². The number of halogens is 1. The van der Waals surface area contributed by atoms with Crippen molar-refractivity contribution in [3.63, 3.8) is 0 Å². The van der Waals surface area contributed by atoms with E-state index in [0.717, 1.165) is 11.8 Å². The lowest BCUT2D eigenvalue weighted by molar-refractivity contribution is -0.141. The van der Waals surface area contributed by atoms with Gasteiger partial charge in [-0.1, -0.05) is 48.9 Å². The Labute approximate surface area is 219 Å². The molecule has 0 aromatic heterocycles. The Morgan fingerprint density at radius 3 is 2.31 bits per heavy atom. The monoisotopic (exact) mass is 537 g/mol. The van der Waals surface area contributed by atoms with Gasteiger partial charge in [-0.15, -0.1) is 0 Å².